The summed E-state index contributed by atoms with van der Waals surface area (Å²) in [7, 11) is -0.962. The third kappa shape index (κ3) is 5.06. The summed E-state index contributed by atoms with van der Waals surface area (Å²) >= 11 is 1.64. The van der Waals surface area contributed by atoms with Gasteiger partial charge in [0.25, 0.3) is 0 Å². The van der Waals surface area contributed by atoms with E-state index in [1.165, 1.54) is 0 Å². The van der Waals surface area contributed by atoms with Crippen molar-refractivity contribution in [3.63, 3.8) is 0 Å². The Morgan fingerprint density at radius 2 is 1.65 bits per heavy atom. The molecule has 1 atom stereocenters. The van der Waals surface area contributed by atoms with Crippen LogP contribution in [0.1, 0.15) is 12.5 Å². The minimum Gasteiger partial charge on any atom is -0.457 e. The highest BCUT2D eigenvalue weighted by molar-refractivity contribution is 7.98. The summed E-state index contributed by atoms with van der Waals surface area (Å²) in [6, 6.07) is 25.5. The minimum absolute atomic E-state index is 0.746. The van der Waals surface area contributed by atoms with E-state index in [4.69, 9.17) is 4.74 Å². The molecule has 4 aromatic rings. The first-order valence-corrected chi connectivity index (χ1v) is 12.5. The fourth-order valence-electron chi connectivity index (χ4n) is 3.16. The smallest absolute Gasteiger partial charge is 0.191 e. The van der Waals surface area contributed by atoms with E-state index in [1.807, 2.05) is 78.9 Å². The lowest BCUT2D eigenvalue weighted by Crippen LogP contribution is -2.01. The highest BCUT2D eigenvalue weighted by Crippen LogP contribution is 2.34. The van der Waals surface area contributed by atoms with Crippen LogP contribution in [0.2, 0.25) is 0 Å². The van der Waals surface area contributed by atoms with Crippen molar-refractivity contribution < 1.29 is 8.95 Å². The second-order valence-corrected chi connectivity index (χ2v) is 9.17. The van der Waals surface area contributed by atoms with Gasteiger partial charge in [0.15, 0.2) is 11.0 Å². The van der Waals surface area contributed by atoms with Crippen LogP contribution in [-0.2, 0) is 23.1 Å². The van der Waals surface area contributed by atoms with Gasteiger partial charge in [0.2, 0.25) is 0 Å². The quantitative estimate of drug-likeness (QED) is 0.319. The number of nitrogens with zero attached hydrogens (tertiary/aromatic N) is 3. The number of ether oxygens (including phenoxy) is 1. The third-order valence-corrected chi connectivity index (χ3v) is 6.73. The van der Waals surface area contributed by atoms with Gasteiger partial charge in [-0.3, -0.25) is 4.21 Å². The Hall–Kier alpha value is -2.90. The Morgan fingerprint density at radius 3 is 2.35 bits per heavy atom. The van der Waals surface area contributed by atoms with Crippen LogP contribution >= 0.6 is 11.8 Å². The zero-order valence-corrected chi connectivity index (χ0v) is 19.0. The fraction of sp³-hybridized carbons (Fsp3) is 0.167. The number of para-hydroxylation sites is 2. The standard InChI is InChI=1S/C24H23N3O2S2/c1-3-27-23(21-11-7-8-12-22(21)29-19-9-5-4-6-10-19)25-26-24(27)30-17-18-13-15-20(16-14-18)31(2)28/h4-16H,3,17H2,1-2H3. The Balaban J connectivity index is 1.57. The molecule has 0 radical (unpaired) electrons. The van der Waals surface area contributed by atoms with Gasteiger partial charge in [0.05, 0.1) is 5.56 Å². The molecule has 1 aromatic heterocycles. The molecule has 0 aliphatic carbocycles. The summed E-state index contributed by atoms with van der Waals surface area (Å²) < 4.78 is 19.8. The summed E-state index contributed by atoms with van der Waals surface area (Å²) in [5, 5.41) is 9.78. The Labute approximate surface area is 189 Å². The SMILES string of the molecule is CCn1c(SCc2ccc(S(C)=O)cc2)nnc1-c1ccccc1Oc1ccccc1. The molecule has 31 heavy (non-hydrogen) atoms. The van der Waals surface area contributed by atoms with E-state index in [0.29, 0.717) is 0 Å². The van der Waals surface area contributed by atoms with Crippen LogP contribution < -0.4 is 4.74 Å². The first-order valence-electron chi connectivity index (χ1n) is 9.96. The topological polar surface area (TPSA) is 57.0 Å². The van der Waals surface area contributed by atoms with E-state index in [9.17, 15) is 4.21 Å². The molecule has 0 amide bonds. The average molecular weight is 450 g/mol. The molecular weight excluding hydrogens is 426 g/mol. The second-order valence-electron chi connectivity index (χ2n) is 6.85. The van der Waals surface area contributed by atoms with E-state index < -0.39 is 10.8 Å². The summed E-state index contributed by atoms with van der Waals surface area (Å²) in [6.45, 7) is 2.83. The predicted molar refractivity (Wildman–Crippen MR) is 126 cm³/mol. The van der Waals surface area contributed by atoms with Gasteiger partial charge in [-0.1, -0.05) is 54.2 Å². The highest BCUT2D eigenvalue weighted by Gasteiger charge is 2.17. The van der Waals surface area contributed by atoms with Crippen molar-refractivity contribution in [1.82, 2.24) is 14.8 Å². The zero-order valence-electron chi connectivity index (χ0n) is 17.4. The number of benzene rings is 3. The summed E-state index contributed by atoms with van der Waals surface area (Å²) in [5.74, 6) is 3.07. The van der Waals surface area contributed by atoms with Gasteiger partial charge in [-0.2, -0.15) is 0 Å². The van der Waals surface area contributed by atoms with Crippen LogP contribution in [0.3, 0.4) is 0 Å². The molecule has 0 saturated carbocycles. The fourth-order valence-corrected chi connectivity index (χ4v) is 4.64. The number of hydrogen-bond donors (Lipinski definition) is 0. The van der Waals surface area contributed by atoms with E-state index >= 15 is 0 Å². The van der Waals surface area contributed by atoms with Gasteiger partial charge in [0, 0.05) is 34.2 Å². The van der Waals surface area contributed by atoms with Crippen LogP contribution in [0.4, 0.5) is 0 Å². The average Bonchev–Trinajstić information content (AvgIpc) is 3.21. The van der Waals surface area contributed by atoms with Crippen molar-refractivity contribution in [2.75, 3.05) is 6.26 Å². The first-order chi connectivity index (χ1) is 15.2. The van der Waals surface area contributed by atoms with Crippen molar-refractivity contribution in [2.45, 2.75) is 29.3 Å². The molecule has 1 unspecified atom stereocenters. The Bertz CT molecular complexity index is 1180. The molecule has 0 saturated heterocycles. The Morgan fingerprint density at radius 1 is 0.935 bits per heavy atom. The molecular formula is C24H23N3O2S2. The maximum atomic E-state index is 11.6. The summed E-state index contributed by atoms with van der Waals surface area (Å²) in [6.07, 6.45) is 1.69. The van der Waals surface area contributed by atoms with Gasteiger partial charge in [0.1, 0.15) is 11.5 Å². The molecule has 5 nitrogen and oxygen atoms in total. The molecule has 1 heterocycles. The second kappa shape index (κ2) is 9.94. The summed E-state index contributed by atoms with van der Waals surface area (Å²) in [5.41, 5.74) is 2.06. The molecule has 0 aliphatic heterocycles. The molecule has 7 heteroatoms. The minimum atomic E-state index is -0.962. The van der Waals surface area contributed by atoms with Gasteiger partial charge in [-0.15, -0.1) is 10.2 Å². The lowest BCUT2D eigenvalue weighted by Gasteiger charge is -2.12. The van der Waals surface area contributed by atoms with E-state index in [1.54, 1.807) is 18.0 Å². The van der Waals surface area contributed by atoms with Gasteiger partial charge in [-0.25, -0.2) is 0 Å². The van der Waals surface area contributed by atoms with Crippen molar-refractivity contribution in [2.24, 2.45) is 0 Å². The molecule has 4 rings (SSSR count). The van der Waals surface area contributed by atoms with Crippen molar-refractivity contribution in [3.8, 4) is 22.9 Å². The molecule has 0 spiro atoms. The number of rotatable bonds is 8. The monoisotopic (exact) mass is 449 g/mol. The maximum absolute atomic E-state index is 11.6. The predicted octanol–water partition coefficient (Wildman–Crippen LogP) is 5.79. The van der Waals surface area contributed by atoms with Crippen molar-refractivity contribution in [3.05, 3.63) is 84.4 Å². The summed E-state index contributed by atoms with van der Waals surface area (Å²) in [4.78, 5) is 0.836. The molecule has 3 aromatic carbocycles. The van der Waals surface area contributed by atoms with Crippen molar-refractivity contribution in [1.29, 1.82) is 0 Å². The molecule has 0 fully saturated rings. The van der Waals surface area contributed by atoms with Crippen LogP contribution in [0.15, 0.2) is 88.9 Å². The molecule has 158 valence electrons. The van der Waals surface area contributed by atoms with Gasteiger partial charge in [-0.05, 0) is 48.9 Å². The first kappa shape index (κ1) is 21.3. The van der Waals surface area contributed by atoms with Crippen LogP contribution in [-0.4, -0.2) is 25.2 Å². The van der Waals surface area contributed by atoms with E-state index in [-0.39, 0.29) is 0 Å². The highest BCUT2D eigenvalue weighted by atomic mass is 32.2. The number of hydrogen-bond acceptors (Lipinski definition) is 5. The van der Waals surface area contributed by atoms with Crippen LogP contribution in [0.25, 0.3) is 11.4 Å². The van der Waals surface area contributed by atoms with Crippen molar-refractivity contribution >= 4 is 22.6 Å². The molecule has 0 aliphatic rings. The third-order valence-electron chi connectivity index (χ3n) is 4.76. The number of aromatic nitrogens is 3. The van der Waals surface area contributed by atoms with Gasteiger partial charge >= 0.3 is 0 Å². The van der Waals surface area contributed by atoms with E-state index in [0.717, 1.165) is 50.8 Å². The lowest BCUT2D eigenvalue weighted by atomic mass is 10.2. The molecule has 0 bridgehead atoms. The molecule has 0 N–H and O–H groups in total. The Kier molecular flexibility index (Phi) is 6.84. The largest absolute Gasteiger partial charge is 0.457 e. The van der Waals surface area contributed by atoms with Gasteiger partial charge < -0.3 is 9.30 Å². The van der Waals surface area contributed by atoms with Crippen LogP contribution in [0.5, 0.6) is 11.5 Å². The number of thioether (sulfide) groups is 1. The lowest BCUT2D eigenvalue weighted by molar-refractivity contribution is 0.483. The normalized spacial score (nSPS) is 11.9. The zero-order chi connectivity index (χ0) is 21.6. The van der Waals surface area contributed by atoms with Crippen LogP contribution in [0, 0.1) is 0 Å². The maximum Gasteiger partial charge on any atom is 0.191 e. The van der Waals surface area contributed by atoms with E-state index in [2.05, 4.69) is 21.7 Å².